The summed E-state index contributed by atoms with van der Waals surface area (Å²) in [4.78, 5) is 13.9. The van der Waals surface area contributed by atoms with Crippen LogP contribution in [0.1, 0.15) is 30.7 Å². The fraction of sp³-hybridized carbons (Fsp3) is 0.533. The Balaban J connectivity index is 1.93. The molecule has 0 N–H and O–H groups in total. The van der Waals surface area contributed by atoms with Gasteiger partial charge in [0.2, 0.25) is 0 Å². The molecule has 1 aromatic rings. The van der Waals surface area contributed by atoms with E-state index >= 15 is 0 Å². The third-order valence-electron chi connectivity index (χ3n) is 4.71. The van der Waals surface area contributed by atoms with Gasteiger partial charge in [-0.1, -0.05) is 30.3 Å². The van der Waals surface area contributed by atoms with Crippen LogP contribution in [0.25, 0.3) is 0 Å². The first-order valence-corrected chi connectivity index (χ1v) is 6.53. The number of carbonyl (C=O) groups is 1. The van der Waals surface area contributed by atoms with Crippen molar-refractivity contribution in [1.82, 2.24) is 4.90 Å². The molecule has 1 aromatic carbocycles. The molecule has 2 saturated heterocycles. The van der Waals surface area contributed by atoms with Gasteiger partial charge in [-0.2, -0.15) is 0 Å². The molecule has 2 nitrogen and oxygen atoms in total. The van der Waals surface area contributed by atoms with Crippen LogP contribution in [0.5, 0.6) is 0 Å². The molecule has 2 heteroatoms. The van der Waals surface area contributed by atoms with Gasteiger partial charge < -0.3 is 4.79 Å². The second-order valence-corrected chi connectivity index (χ2v) is 5.43. The van der Waals surface area contributed by atoms with E-state index in [1.54, 1.807) is 0 Å². The SMILES string of the molecule is CN1[C@H]2CC[C@@H]1[C@@H](C=O)[C@@H](c1ccccc1)C2. The maximum Gasteiger partial charge on any atom is 0.125 e. The van der Waals surface area contributed by atoms with Crippen molar-refractivity contribution in [2.75, 3.05) is 7.05 Å². The smallest absolute Gasteiger partial charge is 0.125 e. The zero-order valence-electron chi connectivity index (χ0n) is 10.3. The zero-order chi connectivity index (χ0) is 11.8. The summed E-state index contributed by atoms with van der Waals surface area (Å²) in [6.45, 7) is 0. The first-order chi connectivity index (χ1) is 8.31. The molecule has 2 heterocycles. The van der Waals surface area contributed by atoms with Crippen LogP contribution in [0.4, 0.5) is 0 Å². The molecule has 2 aliphatic rings. The number of nitrogens with zero attached hydrogens (tertiary/aromatic N) is 1. The van der Waals surface area contributed by atoms with E-state index in [1.807, 2.05) is 6.07 Å². The van der Waals surface area contributed by atoms with E-state index in [0.717, 1.165) is 6.42 Å². The minimum absolute atomic E-state index is 0.182. The molecule has 2 fully saturated rings. The number of piperidine rings is 1. The lowest BCUT2D eigenvalue weighted by molar-refractivity contribution is -0.114. The highest BCUT2D eigenvalue weighted by Gasteiger charge is 2.45. The summed E-state index contributed by atoms with van der Waals surface area (Å²) >= 11 is 0. The van der Waals surface area contributed by atoms with Gasteiger partial charge in [-0.05, 0) is 37.8 Å². The average Bonchev–Trinajstić information content (AvgIpc) is 2.64. The van der Waals surface area contributed by atoms with Crippen molar-refractivity contribution < 1.29 is 4.79 Å². The summed E-state index contributed by atoms with van der Waals surface area (Å²) in [5.41, 5.74) is 1.34. The van der Waals surface area contributed by atoms with Crippen molar-refractivity contribution in [1.29, 1.82) is 0 Å². The molecule has 0 aliphatic carbocycles. The number of hydrogen-bond donors (Lipinski definition) is 0. The van der Waals surface area contributed by atoms with E-state index in [9.17, 15) is 4.79 Å². The van der Waals surface area contributed by atoms with Crippen LogP contribution in [0.3, 0.4) is 0 Å². The maximum absolute atomic E-state index is 11.5. The van der Waals surface area contributed by atoms with Crippen LogP contribution >= 0.6 is 0 Å². The summed E-state index contributed by atoms with van der Waals surface area (Å²) in [5, 5.41) is 0. The summed E-state index contributed by atoms with van der Waals surface area (Å²) in [6, 6.07) is 11.7. The number of benzene rings is 1. The van der Waals surface area contributed by atoms with Crippen LogP contribution < -0.4 is 0 Å². The quantitative estimate of drug-likeness (QED) is 0.726. The first kappa shape index (κ1) is 11.0. The second kappa shape index (κ2) is 4.26. The molecule has 4 atom stereocenters. The largest absolute Gasteiger partial charge is 0.303 e. The van der Waals surface area contributed by atoms with E-state index in [-0.39, 0.29) is 5.92 Å². The molecule has 0 amide bonds. The predicted molar refractivity (Wildman–Crippen MR) is 67.9 cm³/mol. The maximum atomic E-state index is 11.5. The van der Waals surface area contributed by atoms with Crippen LogP contribution in [-0.2, 0) is 4.79 Å². The normalized spacial score (nSPS) is 37.0. The van der Waals surface area contributed by atoms with E-state index in [1.165, 1.54) is 24.7 Å². The van der Waals surface area contributed by atoms with Crippen molar-refractivity contribution in [3.63, 3.8) is 0 Å². The Hall–Kier alpha value is -1.15. The Kier molecular flexibility index (Phi) is 2.75. The summed E-state index contributed by atoms with van der Waals surface area (Å²) in [7, 11) is 2.18. The number of fused-ring (bicyclic) bond motifs is 2. The van der Waals surface area contributed by atoms with E-state index < -0.39 is 0 Å². The fourth-order valence-electron chi connectivity index (χ4n) is 3.75. The molecule has 3 rings (SSSR count). The summed E-state index contributed by atoms with van der Waals surface area (Å²) in [5.74, 6) is 0.614. The van der Waals surface area contributed by atoms with Crippen LogP contribution in [0.2, 0.25) is 0 Å². The average molecular weight is 229 g/mol. The molecule has 0 saturated carbocycles. The highest BCUT2D eigenvalue weighted by Crippen LogP contribution is 2.45. The van der Waals surface area contributed by atoms with Crippen LogP contribution in [0, 0.1) is 5.92 Å². The van der Waals surface area contributed by atoms with E-state index in [4.69, 9.17) is 0 Å². The molecular weight excluding hydrogens is 210 g/mol. The van der Waals surface area contributed by atoms with E-state index in [0.29, 0.717) is 18.0 Å². The Morgan fingerprint density at radius 1 is 1.24 bits per heavy atom. The Morgan fingerprint density at radius 2 is 2.00 bits per heavy atom. The molecule has 0 aromatic heterocycles. The van der Waals surface area contributed by atoms with Crippen molar-refractivity contribution in [3.05, 3.63) is 35.9 Å². The predicted octanol–water partition coefficient (Wildman–Crippen LogP) is 2.45. The van der Waals surface area contributed by atoms with Gasteiger partial charge in [-0.3, -0.25) is 4.90 Å². The van der Waals surface area contributed by atoms with Gasteiger partial charge in [-0.25, -0.2) is 0 Å². The minimum atomic E-state index is 0.182. The van der Waals surface area contributed by atoms with Gasteiger partial charge in [0.1, 0.15) is 6.29 Å². The van der Waals surface area contributed by atoms with Crippen LogP contribution in [-0.4, -0.2) is 30.3 Å². The van der Waals surface area contributed by atoms with Gasteiger partial charge in [-0.15, -0.1) is 0 Å². The fourth-order valence-corrected chi connectivity index (χ4v) is 3.75. The van der Waals surface area contributed by atoms with Crippen molar-refractivity contribution in [2.24, 2.45) is 5.92 Å². The van der Waals surface area contributed by atoms with Gasteiger partial charge in [0.15, 0.2) is 0 Å². The minimum Gasteiger partial charge on any atom is -0.303 e. The highest BCUT2D eigenvalue weighted by molar-refractivity contribution is 5.58. The standard InChI is InChI=1S/C15H19NO/c1-16-12-7-8-15(16)14(10-17)13(9-12)11-5-3-2-4-6-11/h2-6,10,12-15H,7-9H2,1H3/t12-,13+,14-,15+/m0/s1. The van der Waals surface area contributed by atoms with Crippen molar-refractivity contribution in [2.45, 2.75) is 37.3 Å². The number of hydrogen-bond acceptors (Lipinski definition) is 2. The van der Waals surface area contributed by atoms with Gasteiger partial charge >= 0.3 is 0 Å². The number of aldehydes is 1. The Bertz CT molecular complexity index is 403. The third-order valence-corrected chi connectivity index (χ3v) is 4.71. The van der Waals surface area contributed by atoms with Crippen molar-refractivity contribution >= 4 is 6.29 Å². The van der Waals surface area contributed by atoms with Crippen molar-refractivity contribution in [3.8, 4) is 0 Å². The molecular formula is C15H19NO. The lowest BCUT2D eigenvalue weighted by atomic mass is 9.77. The molecule has 0 radical (unpaired) electrons. The third kappa shape index (κ3) is 1.71. The lowest BCUT2D eigenvalue weighted by Gasteiger charge is -2.40. The monoisotopic (exact) mass is 229 g/mol. The molecule has 0 unspecified atom stereocenters. The summed E-state index contributed by atoms with van der Waals surface area (Å²) < 4.78 is 0. The second-order valence-electron chi connectivity index (χ2n) is 5.43. The molecule has 90 valence electrons. The molecule has 2 bridgehead atoms. The van der Waals surface area contributed by atoms with Gasteiger partial charge in [0.05, 0.1) is 0 Å². The molecule has 0 spiro atoms. The first-order valence-electron chi connectivity index (χ1n) is 6.53. The van der Waals surface area contributed by atoms with Gasteiger partial charge in [0, 0.05) is 18.0 Å². The molecule has 17 heavy (non-hydrogen) atoms. The number of rotatable bonds is 2. The Labute approximate surface area is 103 Å². The lowest BCUT2D eigenvalue weighted by Crippen LogP contribution is -2.46. The van der Waals surface area contributed by atoms with E-state index in [2.05, 4.69) is 36.2 Å². The topological polar surface area (TPSA) is 20.3 Å². The number of carbonyl (C=O) groups excluding carboxylic acids is 1. The van der Waals surface area contributed by atoms with Gasteiger partial charge in [0.25, 0.3) is 0 Å². The summed E-state index contributed by atoms with van der Waals surface area (Å²) in [6.07, 6.45) is 4.78. The zero-order valence-corrected chi connectivity index (χ0v) is 10.3. The Morgan fingerprint density at radius 3 is 2.71 bits per heavy atom. The highest BCUT2D eigenvalue weighted by atomic mass is 16.1. The molecule has 2 aliphatic heterocycles. The van der Waals surface area contributed by atoms with Crippen LogP contribution in [0.15, 0.2) is 30.3 Å².